The van der Waals surface area contributed by atoms with Crippen LogP contribution in [0.1, 0.15) is 12.0 Å². The van der Waals surface area contributed by atoms with Gasteiger partial charge in [-0.05, 0) is 12.1 Å². The molecule has 1 saturated heterocycles. The molecular weight excluding hydrogens is 282 g/mol. The lowest BCUT2D eigenvalue weighted by Crippen LogP contribution is -2.26. The summed E-state index contributed by atoms with van der Waals surface area (Å²) < 4.78 is 0. The minimum Gasteiger partial charge on any atom is -0.507 e. The molecule has 20 heavy (non-hydrogen) atoms. The summed E-state index contributed by atoms with van der Waals surface area (Å²) in [7, 11) is 0. The summed E-state index contributed by atoms with van der Waals surface area (Å²) in [5.41, 5.74) is 0.494. The van der Waals surface area contributed by atoms with Crippen molar-refractivity contribution in [1.82, 2.24) is 5.32 Å². The minimum atomic E-state index is -1.04. The molecular formula is C12H11N3O4S. The molecule has 3 N–H and O–H groups in total. The molecule has 8 heteroatoms. The third kappa shape index (κ3) is 3.58. The zero-order chi connectivity index (χ0) is 14.5. The van der Waals surface area contributed by atoms with E-state index in [1.165, 1.54) is 12.3 Å². The normalized spacial score (nSPS) is 20.5. The lowest BCUT2D eigenvalue weighted by molar-refractivity contribution is -0.138. The number of carbonyl (C=O) groups excluding carboxylic acids is 1. The average molecular weight is 293 g/mol. The number of carboxylic acids is 1. The van der Waals surface area contributed by atoms with E-state index in [9.17, 15) is 14.7 Å². The number of nitrogens with one attached hydrogen (secondary N) is 1. The van der Waals surface area contributed by atoms with Crippen molar-refractivity contribution >= 4 is 35.0 Å². The van der Waals surface area contributed by atoms with E-state index in [2.05, 4.69) is 15.5 Å². The lowest BCUT2D eigenvalue weighted by Gasteiger charge is -1.97. The number of nitrogens with zero attached hydrogens (tertiary/aromatic N) is 2. The second kappa shape index (κ2) is 6.20. The van der Waals surface area contributed by atoms with Crippen LogP contribution in [0.3, 0.4) is 0 Å². The number of aliphatic carboxylic acids is 1. The van der Waals surface area contributed by atoms with Crippen LogP contribution in [0.4, 0.5) is 0 Å². The highest BCUT2D eigenvalue weighted by molar-refractivity contribution is 8.15. The Bertz CT molecular complexity index is 600. The molecule has 1 aliphatic heterocycles. The number of para-hydroxylation sites is 1. The van der Waals surface area contributed by atoms with Gasteiger partial charge in [-0.25, -0.2) is 0 Å². The molecule has 1 amide bonds. The largest absolute Gasteiger partial charge is 0.507 e. The highest BCUT2D eigenvalue weighted by Crippen LogP contribution is 2.22. The Hall–Kier alpha value is -2.35. The van der Waals surface area contributed by atoms with Crippen LogP contribution in [0, 0.1) is 0 Å². The van der Waals surface area contributed by atoms with Crippen molar-refractivity contribution in [1.29, 1.82) is 0 Å². The highest BCUT2D eigenvalue weighted by atomic mass is 32.2. The molecule has 104 valence electrons. The van der Waals surface area contributed by atoms with Gasteiger partial charge in [-0.3, -0.25) is 9.59 Å². The summed E-state index contributed by atoms with van der Waals surface area (Å²) in [5.74, 6) is -1.37. The molecule has 0 radical (unpaired) electrons. The van der Waals surface area contributed by atoms with E-state index >= 15 is 0 Å². The molecule has 1 aliphatic rings. The number of carbonyl (C=O) groups is 2. The van der Waals surface area contributed by atoms with Gasteiger partial charge in [0.05, 0.1) is 12.6 Å². The zero-order valence-electron chi connectivity index (χ0n) is 10.2. The maximum absolute atomic E-state index is 11.4. The second-order valence-corrected chi connectivity index (χ2v) is 5.09. The maximum Gasteiger partial charge on any atom is 0.305 e. The smallest absolute Gasteiger partial charge is 0.305 e. The number of aromatic hydroxyl groups is 1. The first-order valence-corrected chi connectivity index (χ1v) is 6.52. The number of phenols is 1. The van der Waals surface area contributed by atoms with Crippen LogP contribution in [-0.4, -0.2) is 38.7 Å². The number of hydrogen-bond acceptors (Lipinski definition) is 6. The Morgan fingerprint density at radius 2 is 2.20 bits per heavy atom. The molecule has 1 atom stereocenters. The number of benzene rings is 1. The Morgan fingerprint density at radius 1 is 1.45 bits per heavy atom. The fourth-order valence-electron chi connectivity index (χ4n) is 1.49. The molecule has 1 aromatic carbocycles. The fourth-order valence-corrected chi connectivity index (χ4v) is 2.40. The average Bonchev–Trinajstić information content (AvgIpc) is 2.72. The standard InChI is InChI=1S/C12H11N3O4S/c16-8-4-2-1-3-7(8)6-13-15-12-14-11(19)9(20-12)5-10(17)18/h1-4,6,9,16H,5H2,(H,17,18)(H,14,15,19)/b13-6+. The monoisotopic (exact) mass is 293 g/mol. The van der Waals surface area contributed by atoms with Crippen LogP contribution in [0.25, 0.3) is 0 Å². The SMILES string of the molecule is O=C(O)CC1S/C(=N\N=C\c2ccccc2O)NC1=O. The van der Waals surface area contributed by atoms with Gasteiger partial charge in [0, 0.05) is 5.56 Å². The molecule has 0 aromatic heterocycles. The Labute approximate surface area is 118 Å². The van der Waals surface area contributed by atoms with Gasteiger partial charge in [0.25, 0.3) is 0 Å². The minimum absolute atomic E-state index is 0.0725. The Morgan fingerprint density at radius 3 is 2.90 bits per heavy atom. The van der Waals surface area contributed by atoms with Gasteiger partial charge in [0.15, 0.2) is 5.17 Å². The summed E-state index contributed by atoms with van der Waals surface area (Å²) in [5, 5.41) is 27.7. The van der Waals surface area contributed by atoms with Crippen LogP contribution in [0.15, 0.2) is 34.5 Å². The van der Waals surface area contributed by atoms with Gasteiger partial charge in [-0.2, -0.15) is 5.10 Å². The van der Waals surface area contributed by atoms with Crippen LogP contribution in [-0.2, 0) is 9.59 Å². The van der Waals surface area contributed by atoms with Crippen molar-refractivity contribution in [2.75, 3.05) is 0 Å². The van der Waals surface area contributed by atoms with Gasteiger partial charge in [-0.15, -0.1) is 5.10 Å². The number of rotatable bonds is 4. The van der Waals surface area contributed by atoms with Crippen molar-refractivity contribution in [2.45, 2.75) is 11.7 Å². The number of phenolic OH excluding ortho intramolecular Hbond substituents is 1. The number of carboxylic acid groups (broad SMARTS) is 1. The van der Waals surface area contributed by atoms with Gasteiger partial charge in [0.1, 0.15) is 11.0 Å². The van der Waals surface area contributed by atoms with Crippen LogP contribution in [0.2, 0.25) is 0 Å². The molecule has 0 spiro atoms. The maximum atomic E-state index is 11.4. The van der Waals surface area contributed by atoms with Crippen molar-refractivity contribution in [3.63, 3.8) is 0 Å². The molecule has 1 fully saturated rings. The summed E-state index contributed by atoms with van der Waals surface area (Å²) in [6.07, 6.45) is 1.08. The summed E-state index contributed by atoms with van der Waals surface area (Å²) in [6.45, 7) is 0. The van der Waals surface area contributed by atoms with E-state index in [1.807, 2.05) is 0 Å². The van der Waals surface area contributed by atoms with Crippen molar-refractivity contribution < 1.29 is 19.8 Å². The first-order chi connectivity index (χ1) is 9.56. The molecule has 1 aromatic rings. The first-order valence-electron chi connectivity index (χ1n) is 5.64. The number of amidine groups is 1. The van der Waals surface area contributed by atoms with Gasteiger partial charge in [-0.1, -0.05) is 23.9 Å². The van der Waals surface area contributed by atoms with E-state index in [0.717, 1.165) is 11.8 Å². The quantitative estimate of drug-likeness (QED) is 0.561. The van der Waals surface area contributed by atoms with Gasteiger partial charge >= 0.3 is 5.97 Å². The summed E-state index contributed by atoms with van der Waals surface area (Å²) in [6, 6.07) is 6.60. The predicted octanol–water partition coefficient (Wildman–Crippen LogP) is 0.788. The first kappa shape index (κ1) is 14.1. The van der Waals surface area contributed by atoms with Gasteiger partial charge < -0.3 is 15.5 Å². The van der Waals surface area contributed by atoms with Crippen molar-refractivity contribution in [3.8, 4) is 5.75 Å². The van der Waals surface area contributed by atoms with Gasteiger partial charge in [0.2, 0.25) is 5.91 Å². The molecule has 1 unspecified atom stereocenters. The Kier molecular flexibility index (Phi) is 4.36. The Balaban J connectivity index is 2.01. The third-order valence-electron chi connectivity index (χ3n) is 2.42. The summed E-state index contributed by atoms with van der Waals surface area (Å²) >= 11 is 1.02. The summed E-state index contributed by atoms with van der Waals surface area (Å²) in [4.78, 5) is 22.0. The molecule has 1 heterocycles. The lowest BCUT2D eigenvalue weighted by atomic mass is 10.2. The fraction of sp³-hybridized carbons (Fsp3) is 0.167. The highest BCUT2D eigenvalue weighted by Gasteiger charge is 2.32. The van der Waals surface area contributed by atoms with E-state index in [4.69, 9.17) is 5.11 Å². The zero-order valence-corrected chi connectivity index (χ0v) is 11.0. The predicted molar refractivity (Wildman–Crippen MR) is 74.9 cm³/mol. The number of amides is 1. The van der Waals surface area contributed by atoms with E-state index in [-0.39, 0.29) is 17.3 Å². The topological polar surface area (TPSA) is 111 Å². The molecule has 0 saturated carbocycles. The van der Waals surface area contributed by atoms with Crippen molar-refractivity contribution in [2.24, 2.45) is 10.2 Å². The number of hydrogen-bond donors (Lipinski definition) is 3. The second-order valence-electron chi connectivity index (χ2n) is 3.90. The van der Waals surface area contributed by atoms with Crippen LogP contribution >= 0.6 is 11.8 Å². The van der Waals surface area contributed by atoms with E-state index in [0.29, 0.717) is 5.56 Å². The van der Waals surface area contributed by atoms with Crippen molar-refractivity contribution in [3.05, 3.63) is 29.8 Å². The molecule has 7 nitrogen and oxygen atoms in total. The van der Waals surface area contributed by atoms with E-state index in [1.54, 1.807) is 18.2 Å². The molecule has 0 aliphatic carbocycles. The van der Waals surface area contributed by atoms with Crippen LogP contribution < -0.4 is 5.32 Å². The molecule has 0 bridgehead atoms. The van der Waals surface area contributed by atoms with E-state index < -0.39 is 17.1 Å². The van der Waals surface area contributed by atoms with Crippen LogP contribution in [0.5, 0.6) is 5.75 Å². The third-order valence-corrected chi connectivity index (χ3v) is 3.49. The molecule has 2 rings (SSSR count). The number of thioether (sulfide) groups is 1.